The molecule has 0 saturated carbocycles. The first kappa shape index (κ1) is 11.8. The molecule has 3 heterocycles. The van der Waals surface area contributed by atoms with Gasteiger partial charge < -0.3 is 5.73 Å². The van der Waals surface area contributed by atoms with Crippen LogP contribution in [0, 0.1) is 6.92 Å². The molecule has 0 aliphatic carbocycles. The number of anilines is 1. The fraction of sp³-hybridized carbons (Fsp3) is 0.0625. The Morgan fingerprint density at radius 2 is 2.00 bits per heavy atom. The van der Waals surface area contributed by atoms with Crippen LogP contribution in [-0.4, -0.2) is 19.6 Å². The number of hydrogen-bond donors (Lipinski definition) is 1. The largest absolute Gasteiger partial charge is 0.366 e. The van der Waals surface area contributed by atoms with Gasteiger partial charge in [0.05, 0.1) is 5.52 Å². The molecule has 0 aliphatic rings. The Morgan fingerprint density at radius 1 is 1.14 bits per heavy atom. The third-order valence-corrected chi connectivity index (χ3v) is 3.60. The molecule has 4 aromatic rings. The summed E-state index contributed by atoms with van der Waals surface area (Å²) in [5.41, 5.74) is 10.6. The standard InChI is InChI=1S/C16H13N5/c1-10-6-15-19-16(17)20-21(15)9-13(10)12-7-11-4-2-3-5-14(11)18-8-12/h2-9H,1H3,(H2,17,20). The second-order valence-corrected chi connectivity index (χ2v) is 5.06. The van der Waals surface area contributed by atoms with Crippen LogP contribution in [0.25, 0.3) is 27.7 Å². The van der Waals surface area contributed by atoms with Crippen LogP contribution in [0.1, 0.15) is 5.56 Å². The molecule has 4 rings (SSSR count). The van der Waals surface area contributed by atoms with E-state index in [1.54, 1.807) is 4.52 Å². The van der Waals surface area contributed by atoms with E-state index in [4.69, 9.17) is 5.73 Å². The number of nitrogen functional groups attached to an aromatic ring is 1. The minimum Gasteiger partial charge on any atom is -0.366 e. The average molecular weight is 275 g/mol. The first-order valence-corrected chi connectivity index (χ1v) is 6.68. The predicted molar refractivity (Wildman–Crippen MR) is 82.9 cm³/mol. The van der Waals surface area contributed by atoms with Crippen LogP contribution in [0.4, 0.5) is 5.95 Å². The van der Waals surface area contributed by atoms with Crippen molar-refractivity contribution in [2.45, 2.75) is 6.92 Å². The maximum Gasteiger partial charge on any atom is 0.240 e. The van der Waals surface area contributed by atoms with E-state index >= 15 is 0 Å². The van der Waals surface area contributed by atoms with Crippen molar-refractivity contribution in [3.63, 3.8) is 0 Å². The van der Waals surface area contributed by atoms with E-state index in [9.17, 15) is 0 Å². The Labute approximate surface area is 121 Å². The summed E-state index contributed by atoms with van der Waals surface area (Å²) < 4.78 is 1.70. The lowest BCUT2D eigenvalue weighted by molar-refractivity contribution is 0.966. The van der Waals surface area contributed by atoms with Crippen molar-refractivity contribution < 1.29 is 0 Å². The lowest BCUT2D eigenvalue weighted by Gasteiger charge is -2.07. The highest BCUT2D eigenvalue weighted by atomic mass is 15.3. The van der Waals surface area contributed by atoms with Gasteiger partial charge in [0, 0.05) is 28.9 Å². The quantitative estimate of drug-likeness (QED) is 0.580. The molecule has 0 saturated heterocycles. The molecule has 0 fully saturated rings. The highest BCUT2D eigenvalue weighted by Gasteiger charge is 2.08. The summed E-state index contributed by atoms with van der Waals surface area (Å²) in [7, 11) is 0. The van der Waals surface area contributed by atoms with Crippen LogP contribution in [0.2, 0.25) is 0 Å². The summed E-state index contributed by atoms with van der Waals surface area (Å²) in [6, 6.07) is 12.2. The van der Waals surface area contributed by atoms with Crippen molar-refractivity contribution in [3.05, 3.63) is 54.4 Å². The molecule has 5 heteroatoms. The van der Waals surface area contributed by atoms with Crippen molar-refractivity contribution in [2.75, 3.05) is 5.73 Å². The maximum absolute atomic E-state index is 5.65. The third kappa shape index (κ3) is 1.90. The van der Waals surface area contributed by atoms with Gasteiger partial charge in [-0.25, -0.2) is 4.52 Å². The van der Waals surface area contributed by atoms with E-state index in [-0.39, 0.29) is 5.95 Å². The lowest BCUT2D eigenvalue weighted by atomic mass is 10.0. The zero-order valence-electron chi connectivity index (χ0n) is 11.5. The van der Waals surface area contributed by atoms with Crippen LogP contribution >= 0.6 is 0 Å². The SMILES string of the molecule is Cc1cc2nc(N)nn2cc1-c1cnc2ccccc2c1. The van der Waals surface area contributed by atoms with E-state index in [1.165, 1.54) is 0 Å². The second kappa shape index (κ2) is 4.28. The molecule has 3 aromatic heterocycles. The molecule has 0 bridgehead atoms. The number of pyridine rings is 2. The fourth-order valence-electron chi connectivity index (χ4n) is 2.56. The van der Waals surface area contributed by atoms with Gasteiger partial charge in [0.1, 0.15) is 0 Å². The minimum absolute atomic E-state index is 0.281. The van der Waals surface area contributed by atoms with E-state index in [0.717, 1.165) is 33.2 Å². The molecular weight excluding hydrogens is 262 g/mol. The first-order valence-electron chi connectivity index (χ1n) is 6.68. The van der Waals surface area contributed by atoms with Gasteiger partial charge in [0.2, 0.25) is 5.95 Å². The van der Waals surface area contributed by atoms with Gasteiger partial charge in [-0.3, -0.25) is 4.98 Å². The smallest absolute Gasteiger partial charge is 0.240 e. The fourth-order valence-corrected chi connectivity index (χ4v) is 2.56. The molecular formula is C16H13N5. The van der Waals surface area contributed by atoms with Crippen LogP contribution in [0.3, 0.4) is 0 Å². The molecule has 1 aromatic carbocycles. The number of nitrogens with zero attached hydrogens (tertiary/aromatic N) is 4. The summed E-state index contributed by atoms with van der Waals surface area (Å²) in [6.45, 7) is 2.05. The van der Waals surface area contributed by atoms with Gasteiger partial charge in [-0.1, -0.05) is 18.2 Å². The first-order chi connectivity index (χ1) is 10.2. The van der Waals surface area contributed by atoms with Crippen molar-refractivity contribution in [1.29, 1.82) is 0 Å². The van der Waals surface area contributed by atoms with Crippen molar-refractivity contribution >= 4 is 22.5 Å². The molecule has 0 atom stereocenters. The van der Waals surface area contributed by atoms with Crippen LogP contribution in [0.5, 0.6) is 0 Å². The third-order valence-electron chi connectivity index (χ3n) is 3.60. The Kier molecular flexibility index (Phi) is 2.41. The van der Waals surface area contributed by atoms with Crippen LogP contribution in [0.15, 0.2) is 48.8 Å². The van der Waals surface area contributed by atoms with Crippen LogP contribution < -0.4 is 5.73 Å². The minimum atomic E-state index is 0.281. The Bertz CT molecular complexity index is 971. The van der Waals surface area contributed by atoms with Crippen molar-refractivity contribution in [3.8, 4) is 11.1 Å². The van der Waals surface area contributed by atoms with Gasteiger partial charge >= 0.3 is 0 Å². The molecule has 5 nitrogen and oxygen atoms in total. The maximum atomic E-state index is 5.65. The zero-order valence-corrected chi connectivity index (χ0v) is 11.5. The number of aryl methyl sites for hydroxylation is 1. The van der Waals surface area contributed by atoms with E-state index < -0.39 is 0 Å². The highest BCUT2D eigenvalue weighted by Crippen LogP contribution is 2.26. The Hall–Kier alpha value is -2.95. The molecule has 21 heavy (non-hydrogen) atoms. The van der Waals surface area contributed by atoms with E-state index in [0.29, 0.717) is 0 Å². The van der Waals surface area contributed by atoms with Gasteiger partial charge in [-0.2, -0.15) is 4.98 Å². The molecule has 0 radical (unpaired) electrons. The van der Waals surface area contributed by atoms with Gasteiger partial charge in [0.15, 0.2) is 5.65 Å². The Balaban J connectivity index is 1.96. The molecule has 0 spiro atoms. The highest BCUT2D eigenvalue weighted by molar-refractivity contribution is 5.84. The van der Waals surface area contributed by atoms with Crippen molar-refractivity contribution in [1.82, 2.24) is 19.6 Å². The number of aromatic nitrogens is 4. The summed E-state index contributed by atoms with van der Waals surface area (Å²) in [5, 5.41) is 5.28. The van der Waals surface area contributed by atoms with Crippen molar-refractivity contribution in [2.24, 2.45) is 0 Å². The number of hydrogen-bond acceptors (Lipinski definition) is 4. The topological polar surface area (TPSA) is 69.1 Å². The predicted octanol–water partition coefficient (Wildman–Crippen LogP) is 2.84. The zero-order chi connectivity index (χ0) is 14.4. The molecule has 0 aliphatic heterocycles. The molecule has 0 amide bonds. The monoisotopic (exact) mass is 275 g/mol. The normalized spacial score (nSPS) is 11.3. The number of nitrogens with two attached hydrogens (primary N) is 1. The molecule has 102 valence electrons. The lowest BCUT2D eigenvalue weighted by Crippen LogP contribution is -1.93. The van der Waals surface area contributed by atoms with E-state index in [1.807, 2.05) is 36.7 Å². The van der Waals surface area contributed by atoms with Gasteiger partial charge in [0.25, 0.3) is 0 Å². The molecule has 2 N–H and O–H groups in total. The summed E-state index contributed by atoms with van der Waals surface area (Å²) >= 11 is 0. The number of benzene rings is 1. The number of fused-ring (bicyclic) bond motifs is 2. The van der Waals surface area contributed by atoms with Gasteiger partial charge in [-0.15, -0.1) is 5.10 Å². The van der Waals surface area contributed by atoms with Gasteiger partial charge in [-0.05, 0) is 30.7 Å². The Morgan fingerprint density at radius 3 is 2.90 bits per heavy atom. The second-order valence-electron chi connectivity index (χ2n) is 5.06. The molecule has 0 unspecified atom stereocenters. The average Bonchev–Trinajstić information content (AvgIpc) is 2.85. The van der Waals surface area contributed by atoms with Crippen LogP contribution in [-0.2, 0) is 0 Å². The number of rotatable bonds is 1. The van der Waals surface area contributed by atoms with E-state index in [2.05, 4.69) is 34.1 Å². The summed E-state index contributed by atoms with van der Waals surface area (Å²) in [6.07, 6.45) is 3.83. The summed E-state index contributed by atoms with van der Waals surface area (Å²) in [4.78, 5) is 8.69. The summed E-state index contributed by atoms with van der Waals surface area (Å²) in [5.74, 6) is 0.281. The number of para-hydroxylation sites is 1.